The minimum absolute atomic E-state index is 0.0151. The van der Waals surface area contributed by atoms with Crippen LogP contribution in [0.5, 0.6) is 0 Å². The molecule has 0 bridgehead atoms. The fraction of sp³-hybridized carbons (Fsp3) is 0.462. The van der Waals surface area contributed by atoms with E-state index in [0.29, 0.717) is 28.1 Å². The number of amidine groups is 1. The Morgan fingerprint density at radius 2 is 2.00 bits per heavy atom. The van der Waals surface area contributed by atoms with Crippen LogP contribution in [0.2, 0.25) is 0 Å². The van der Waals surface area contributed by atoms with Crippen molar-refractivity contribution >= 4 is 27.5 Å². The Labute approximate surface area is 118 Å². The highest BCUT2D eigenvalue weighted by Gasteiger charge is 2.31. The summed E-state index contributed by atoms with van der Waals surface area (Å²) in [5.74, 6) is 1.25. The Hall–Kier alpha value is -1.07. The SMILES string of the molecule is CC(C)C(CCCl)N=C1NS(=O)(=O)c2ccccc21. The van der Waals surface area contributed by atoms with Crippen LogP contribution in [0, 0.1) is 5.92 Å². The van der Waals surface area contributed by atoms with Gasteiger partial charge in [-0.2, -0.15) is 0 Å². The fourth-order valence-electron chi connectivity index (χ4n) is 2.05. The van der Waals surface area contributed by atoms with E-state index in [1.54, 1.807) is 18.2 Å². The van der Waals surface area contributed by atoms with Crippen molar-refractivity contribution in [1.82, 2.24) is 4.72 Å². The largest absolute Gasteiger partial charge is 0.264 e. The maximum absolute atomic E-state index is 12.0. The zero-order valence-electron chi connectivity index (χ0n) is 10.9. The van der Waals surface area contributed by atoms with E-state index in [1.807, 2.05) is 6.07 Å². The number of rotatable bonds is 4. The Morgan fingerprint density at radius 3 is 2.63 bits per heavy atom. The van der Waals surface area contributed by atoms with Crippen LogP contribution in [-0.2, 0) is 10.0 Å². The van der Waals surface area contributed by atoms with Gasteiger partial charge in [0.2, 0.25) is 0 Å². The van der Waals surface area contributed by atoms with Crippen molar-refractivity contribution in [2.75, 3.05) is 5.88 Å². The molecule has 4 nitrogen and oxygen atoms in total. The van der Waals surface area contributed by atoms with Crippen LogP contribution in [0.3, 0.4) is 0 Å². The van der Waals surface area contributed by atoms with E-state index in [1.165, 1.54) is 0 Å². The number of hydrogen-bond donors (Lipinski definition) is 1. The first-order chi connectivity index (χ1) is 8.95. The maximum Gasteiger partial charge on any atom is 0.263 e. The lowest BCUT2D eigenvalue weighted by Gasteiger charge is -2.16. The molecule has 6 heteroatoms. The summed E-state index contributed by atoms with van der Waals surface area (Å²) in [4.78, 5) is 4.84. The van der Waals surface area contributed by atoms with Crippen molar-refractivity contribution in [3.05, 3.63) is 29.8 Å². The standard InChI is InChI=1S/C13H17ClN2O2S/c1-9(2)11(7-8-14)15-13-10-5-3-4-6-12(10)19(17,18)16-13/h3-6,9,11H,7-8H2,1-2H3,(H,15,16). The number of halogens is 1. The van der Waals surface area contributed by atoms with E-state index in [9.17, 15) is 8.42 Å². The molecule has 0 aliphatic carbocycles. The van der Waals surface area contributed by atoms with E-state index in [0.717, 1.165) is 6.42 Å². The molecular formula is C13H17ClN2O2S. The molecule has 1 heterocycles. The molecule has 1 N–H and O–H groups in total. The molecule has 1 atom stereocenters. The monoisotopic (exact) mass is 300 g/mol. The zero-order chi connectivity index (χ0) is 14.0. The lowest BCUT2D eigenvalue weighted by Crippen LogP contribution is -2.25. The number of hydrogen-bond acceptors (Lipinski definition) is 3. The van der Waals surface area contributed by atoms with Gasteiger partial charge in [-0.3, -0.25) is 9.71 Å². The first-order valence-electron chi connectivity index (χ1n) is 6.21. The number of sulfonamides is 1. The summed E-state index contributed by atoms with van der Waals surface area (Å²) in [7, 11) is -3.45. The van der Waals surface area contributed by atoms with Gasteiger partial charge in [0.25, 0.3) is 10.0 Å². The minimum Gasteiger partial charge on any atom is -0.264 e. The van der Waals surface area contributed by atoms with Crippen LogP contribution < -0.4 is 4.72 Å². The number of fused-ring (bicyclic) bond motifs is 1. The van der Waals surface area contributed by atoms with Crippen LogP contribution in [0.25, 0.3) is 0 Å². The molecule has 1 aromatic carbocycles. The third-order valence-electron chi connectivity index (χ3n) is 3.13. The third kappa shape index (κ3) is 2.92. The average Bonchev–Trinajstić information content (AvgIpc) is 2.61. The molecule has 1 aromatic rings. The van der Waals surface area contributed by atoms with Crippen LogP contribution in [0.1, 0.15) is 25.8 Å². The first-order valence-corrected chi connectivity index (χ1v) is 8.23. The summed E-state index contributed by atoms with van der Waals surface area (Å²) in [6.07, 6.45) is 0.729. The lowest BCUT2D eigenvalue weighted by atomic mass is 10.0. The first kappa shape index (κ1) is 14.3. The summed E-state index contributed by atoms with van der Waals surface area (Å²) in [6.45, 7) is 4.10. The Balaban J connectivity index is 2.43. The highest BCUT2D eigenvalue weighted by molar-refractivity contribution is 7.90. The van der Waals surface area contributed by atoms with Gasteiger partial charge in [0.1, 0.15) is 5.84 Å². The topological polar surface area (TPSA) is 58.5 Å². The summed E-state index contributed by atoms with van der Waals surface area (Å²) >= 11 is 5.77. The summed E-state index contributed by atoms with van der Waals surface area (Å²) < 4.78 is 26.4. The number of benzene rings is 1. The predicted octanol–water partition coefficient (Wildman–Crippen LogP) is 2.38. The van der Waals surface area contributed by atoms with E-state index in [4.69, 9.17) is 11.6 Å². The predicted molar refractivity (Wildman–Crippen MR) is 77.3 cm³/mol. The molecule has 1 aliphatic rings. The van der Waals surface area contributed by atoms with Gasteiger partial charge in [-0.25, -0.2) is 8.42 Å². The molecule has 0 radical (unpaired) electrons. The Bertz CT molecular complexity index is 596. The smallest absolute Gasteiger partial charge is 0.263 e. The van der Waals surface area contributed by atoms with Crippen molar-refractivity contribution in [3.63, 3.8) is 0 Å². The Morgan fingerprint density at radius 1 is 1.32 bits per heavy atom. The molecule has 0 amide bonds. The normalized spacial score (nSPS) is 20.3. The van der Waals surface area contributed by atoms with Gasteiger partial charge in [0.15, 0.2) is 0 Å². The van der Waals surface area contributed by atoms with Crippen molar-refractivity contribution in [1.29, 1.82) is 0 Å². The van der Waals surface area contributed by atoms with Gasteiger partial charge in [-0.15, -0.1) is 11.6 Å². The second kappa shape index (κ2) is 5.51. The second-order valence-electron chi connectivity index (χ2n) is 4.87. The molecule has 0 saturated carbocycles. The highest BCUT2D eigenvalue weighted by Crippen LogP contribution is 2.24. The fourth-order valence-corrected chi connectivity index (χ4v) is 3.52. The van der Waals surface area contributed by atoms with Crippen LogP contribution in [0.15, 0.2) is 34.2 Å². The van der Waals surface area contributed by atoms with E-state index >= 15 is 0 Å². The number of nitrogens with zero attached hydrogens (tertiary/aromatic N) is 1. The number of nitrogens with one attached hydrogen (secondary N) is 1. The van der Waals surface area contributed by atoms with Gasteiger partial charge < -0.3 is 0 Å². The zero-order valence-corrected chi connectivity index (χ0v) is 12.5. The molecule has 1 aliphatic heterocycles. The lowest BCUT2D eigenvalue weighted by molar-refractivity contribution is 0.484. The van der Waals surface area contributed by atoms with Crippen molar-refractivity contribution < 1.29 is 8.42 Å². The van der Waals surface area contributed by atoms with E-state index in [-0.39, 0.29) is 6.04 Å². The van der Waals surface area contributed by atoms with Gasteiger partial charge in [0.05, 0.1) is 10.9 Å². The molecule has 19 heavy (non-hydrogen) atoms. The van der Waals surface area contributed by atoms with Gasteiger partial charge >= 0.3 is 0 Å². The quantitative estimate of drug-likeness (QED) is 0.868. The summed E-state index contributed by atoms with van der Waals surface area (Å²) in [5, 5.41) is 0. The molecule has 0 spiro atoms. The van der Waals surface area contributed by atoms with Gasteiger partial charge in [-0.1, -0.05) is 26.0 Å². The highest BCUT2D eigenvalue weighted by atomic mass is 35.5. The molecule has 104 valence electrons. The summed E-state index contributed by atoms with van der Waals surface area (Å²) in [5.41, 5.74) is 0.641. The number of alkyl halides is 1. The molecule has 0 fully saturated rings. The van der Waals surface area contributed by atoms with Gasteiger partial charge in [-0.05, 0) is 24.5 Å². The Kier molecular flexibility index (Phi) is 4.16. The third-order valence-corrected chi connectivity index (χ3v) is 4.75. The molecule has 2 rings (SSSR count). The van der Waals surface area contributed by atoms with Gasteiger partial charge in [0, 0.05) is 11.4 Å². The number of aliphatic imine (C=N–C) groups is 1. The molecule has 0 saturated heterocycles. The van der Waals surface area contributed by atoms with E-state index in [2.05, 4.69) is 23.6 Å². The van der Waals surface area contributed by atoms with Crippen LogP contribution in [0.4, 0.5) is 0 Å². The van der Waals surface area contributed by atoms with Crippen molar-refractivity contribution in [3.8, 4) is 0 Å². The van der Waals surface area contributed by atoms with Crippen LogP contribution in [-0.4, -0.2) is 26.2 Å². The van der Waals surface area contributed by atoms with Crippen molar-refractivity contribution in [2.45, 2.75) is 31.2 Å². The molecule has 0 aromatic heterocycles. The van der Waals surface area contributed by atoms with Crippen molar-refractivity contribution in [2.24, 2.45) is 10.9 Å². The average molecular weight is 301 g/mol. The second-order valence-corrected chi connectivity index (χ2v) is 6.90. The minimum atomic E-state index is -3.45. The van der Waals surface area contributed by atoms with Crippen LogP contribution >= 0.6 is 11.6 Å². The summed E-state index contributed by atoms with van der Waals surface area (Å²) in [6, 6.07) is 6.89. The van der Waals surface area contributed by atoms with E-state index < -0.39 is 10.0 Å². The molecule has 1 unspecified atom stereocenters. The maximum atomic E-state index is 12.0. The molecular weight excluding hydrogens is 284 g/mol.